The van der Waals surface area contributed by atoms with Crippen LogP contribution in [0.5, 0.6) is 0 Å². The number of carbonyl (C=O) groups is 7. The minimum absolute atomic E-state index is 0.0789. The van der Waals surface area contributed by atoms with E-state index in [1.54, 1.807) is 85.7 Å². The second kappa shape index (κ2) is 18.6. The van der Waals surface area contributed by atoms with Gasteiger partial charge in [-0.1, -0.05) is 44.2 Å². The van der Waals surface area contributed by atoms with E-state index in [0.29, 0.717) is 5.56 Å². The van der Waals surface area contributed by atoms with Crippen molar-refractivity contribution in [3.8, 4) is 0 Å². The smallest absolute Gasteiger partial charge is 0.408 e. The number of nitrogens with one attached hydrogen (secondary N) is 3. The van der Waals surface area contributed by atoms with Crippen molar-refractivity contribution in [2.75, 3.05) is 6.61 Å². The van der Waals surface area contributed by atoms with Crippen molar-refractivity contribution in [3.05, 3.63) is 35.9 Å². The minimum Gasteiger partial charge on any atom is -0.460 e. The fourth-order valence-electron chi connectivity index (χ4n) is 3.95. The summed E-state index contributed by atoms with van der Waals surface area (Å²) < 4.78 is 20.6. The van der Waals surface area contributed by atoms with Gasteiger partial charge in [0.2, 0.25) is 11.8 Å². The van der Waals surface area contributed by atoms with Crippen LogP contribution in [0.15, 0.2) is 30.3 Å². The molecule has 0 spiro atoms. The van der Waals surface area contributed by atoms with E-state index in [-0.39, 0.29) is 19.4 Å². The van der Waals surface area contributed by atoms with Crippen molar-refractivity contribution in [2.45, 2.75) is 118 Å². The predicted molar refractivity (Wildman–Crippen MR) is 169 cm³/mol. The Balaban J connectivity index is 3.14. The summed E-state index contributed by atoms with van der Waals surface area (Å²) in [6, 6.07) is 4.83. The second-order valence-corrected chi connectivity index (χ2v) is 13.2. The highest BCUT2D eigenvalue weighted by Crippen LogP contribution is 2.13. The number of hydrogen-bond donors (Lipinski definition) is 3. The quantitative estimate of drug-likeness (QED) is 0.174. The van der Waals surface area contributed by atoms with E-state index >= 15 is 0 Å². The number of alkyl carbamates (subject to hydrolysis) is 1. The zero-order valence-electron chi connectivity index (χ0n) is 28.7. The number of ether oxygens (including phenoxy) is 4. The number of rotatable bonds is 16. The Labute approximate surface area is 276 Å². The van der Waals surface area contributed by atoms with Crippen LogP contribution in [0, 0.1) is 5.92 Å². The highest BCUT2D eigenvalue weighted by atomic mass is 16.6. The minimum atomic E-state index is -1.44. The van der Waals surface area contributed by atoms with Crippen LogP contribution in [0.2, 0.25) is 0 Å². The second-order valence-electron chi connectivity index (χ2n) is 13.2. The van der Waals surface area contributed by atoms with E-state index in [2.05, 4.69) is 16.0 Å². The van der Waals surface area contributed by atoms with Gasteiger partial charge in [0.1, 0.15) is 35.9 Å². The number of carbonyl (C=O) groups excluding carboxylic acids is 7. The first kappa shape index (κ1) is 40.5. The summed E-state index contributed by atoms with van der Waals surface area (Å²) >= 11 is 0. The lowest BCUT2D eigenvalue weighted by atomic mass is 10.0. The molecule has 0 radical (unpaired) electrons. The SMILES string of the molecule is CC(=O)OCC(=O)C(CC(=O)OC(C)(C)C)NC(=O)C(NC(=O)C(CCC(=O)OC(C)(C)C)NC(=O)OCc1ccccc1)C(C)C. The topological polar surface area (TPSA) is 192 Å². The van der Waals surface area contributed by atoms with E-state index in [1.807, 2.05) is 0 Å². The standard InChI is InChI=1S/C33H49N3O11/c1-20(2)28(30(42)34-24(25(38)19-44-21(3)37)17-27(40)47-33(7,8)9)36-29(41)23(15-16-26(39)46-32(4,5)6)35-31(43)45-18-22-13-11-10-12-14-22/h10-14,20,23-24,28H,15-19H2,1-9H3,(H,34,42)(H,35,43)(H,36,41). The zero-order chi connectivity index (χ0) is 35.9. The van der Waals surface area contributed by atoms with Crippen LogP contribution in [0.1, 0.15) is 87.1 Å². The predicted octanol–water partition coefficient (Wildman–Crippen LogP) is 2.89. The van der Waals surface area contributed by atoms with Gasteiger partial charge in [-0.05, 0) is 59.4 Å². The van der Waals surface area contributed by atoms with Crippen molar-refractivity contribution in [1.29, 1.82) is 0 Å². The van der Waals surface area contributed by atoms with E-state index in [0.717, 1.165) is 6.92 Å². The molecule has 3 N–H and O–H groups in total. The van der Waals surface area contributed by atoms with Crippen molar-refractivity contribution < 1.29 is 52.5 Å². The van der Waals surface area contributed by atoms with Gasteiger partial charge in [0, 0.05) is 13.3 Å². The van der Waals surface area contributed by atoms with Gasteiger partial charge in [-0.2, -0.15) is 0 Å². The van der Waals surface area contributed by atoms with E-state index in [1.165, 1.54) is 0 Å². The molecule has 14 nitrogen and oxygen atoms in total. The summed E-state index contributed by atoms with van der Waals surface area (Å²) in [5.74, 6) is -5.08. The maximum Gasteiger partial charge on any atom is 0.408 e. The number of esters is 3. The highest BCUT2D eigenvalue weighted by molar-refractivity contribution is 5.96. The van der Waals surface area contributed by atoms with Gasteiger partial charge < -0.3 is 34.9 Å². The van der Waals surface area contributed by atoms with Gasteiger partial charge in [0.15, 0.2) is 12.4 Å². The molecule has 0 heterocycles. The Hall–Kier alpha value is -4.49. The molecule has 0 saturated heterocycles. The first-order valence-corrected chi connectivity index (χ1v) is 15.3. The summed E-state index contributed by atoms with van der Waals surface area (Å²) in [6.45, 7) is 13.5. The molecule has 0 aliphatic heterocycles. The lowest BCUT2D eigenvalue weighted by Crippen LogP contribution is -2.58. The number of benzene rings is 1. The molecule has 1 rings (SSSR count). The molecular formula is C33H49N3O11. The Morgan fingerprint density at radius 3 is 1.83 bits per heavy atom. The Kier molecular flexibility index (Phi) is 16.0. The van der Waals surface area contributed by atoms with Crippen LogP contribution in [0.3, 0.4) is 0 Å². The normalized spacial score (nSPS) is 13.3. The average molecular weight is 664 g/mol. The molecule has 1 aromatic carbocycles. The summed E-state index contributed by atoms with van der Waals surface area (Å²) in [5, 5.41) is 7.47. The molecule has 262 valence electrons. The lowest BCUT2D eigenvalue weighted by Gasteiger charge is -2.27. The zero-order valence-corrected chi connectivity index (χ0v) is 28.7. The van der Waals surface area contributed by atoms with E-state index in [4.69, 9.17) is 18.9 Å². The lowest BCUT2D eigenvalue weighted by molar-refractivity contribution is -0.157. The Morgan fingerprint density at radius 1 is 0.723 bits per heavy atom. The molecule has 0 saturated carbocycles. The largest absolute Gasteiger partial charge is 0.460 e. The van der Waals surface area contributed by atoms with E-state index in [9.17, 15) is 33.6 Å². The molecule has 0 aliphatic rings. The first-order chi connectivity index (χ1) is 21.7. The first-order valence-electron chi connectivity index (χ1n) is 15.3. The molecule has 3 atom stereocenters. The van der Waals surface area contributed by atoms with Crippen LogP contribution >= 0.6 is 0 Å². The van der Waals surface area contributed by atoms with E-state index < -0.39 is 89.9 Å². The molecule has 3 amide bonds. The highest BCUT2D eigenvalue weighted by Gasteiger charge is 2.34. The van der Waals surface area contributed by atoms with Crippen LogP contribution in [0.4, 0.5) is 4.79 Å². The molecule has 1 aromatic rings. The van der Waals surface area contributed by atoms with Gasteiger partial charge in [-0.25, -0.2) is 4.79 Å². The molecule has 0 aliphatic carbocycles. The maximum absolute atomic E-state index is 13.5. The summed E-state index contributed by atoms with van der Waals surface area (Å²) in [5.41, 5.74) is -0.943. The molecule has 3 unspecified atom stereocenters. The fraction of sp³-hybridized carbons (Fsp3) is 0.606. The Bertz CT molecular complexity index is 1250. The number of hydrogen-bond acceptors (Lipinski definition) is 11. The number of amides is 3. The van der Waals surface area contributed by atoms with Crippen LogP contribution in [-0.2, 0) is 54.3 Å². The molecule has 47 heavy (non-hydrogen) atoms. The number of ketones is 1. The summed E-state index contributed by atoms with van der Waals surface area (Å²) in [6.07, 6.45) is -1.92. The van der Waals surface area contributed by atoms with Gasteiger partial charge in [0.25, 0.3) is 0 Å². The van der Waals surface area contributed by atoms with Crippen molar-refractivity contribution >= 4 is 41.6 Å². The molecule has 14 heteroatoms. The van der Waals surface area contributed by atoms with Crippen LogP contribution < -0.4 is 16.0 Å². The van der Waals surface area contributed by atoms with Crippen molar-refractivity contribution in [3.63, 3.8) is 0 Å². The summed E-state index contributed by atoms with van der Waals surface area (Å²) in [4.78, 5) is 88.7. The molecular weight excluding hydrogens is 614 g/mol. The summed E-state index contributed by atoms with van der Waals surface area (Å²) in [7, 11) is 0. The molecule has 0 bridgehead atoms. The van der Waals surface area contributed by atoms with Gasteiger partial charge in [0.05, 0.1) is 6.42 Å². The molecule has 0 fully saturated rings. The monoisotopic (exact) mass is 663 g/mol. The van der Waals surface area contributed by atoms with Gasteiger partial charge in [-0.3, -0.25) is 28.8 Å². The fourth-order valence-corrected chi connectivity index (χ4v) is 3.95. The number of Topliss-reactive ketones (excluding diaryl/α,β-unsaturated/α-hetero) is 1. The third-order valence-electron chi connectivity index (χ3n) is 6.04. The molecule has 0 aromatic heterocycles. The van der Waals surface area contributed by atoms with Gasteiger partial charge >= 0.3 is 24.0 Å². The van der Waals surface area contributed by atoms with Crippen LogP contribution in [-0.4, -0.2) is 77.5 Å². The van der Waals surface area contributed by atoms with Gasteiger partial charge in [-0.15, -0.1) is 0 Å². The third kappa shape index (κ3) is 17.7. The van der Waals surface area contributed by atoms with Crippen molar-refractivity contribution in [1.82, 2.24) is 16.0 Å². The maximum atomic E-state index is 13.5. The van der Waals surface area contributed by atoms with Crippen molar-refractivity contribution in [2.24, 2.45) is 5.92 Å². The third-order valence-corrected chi connectivity index (χ3v) is 6.04. The van der Waals surface area contributed by atoms with Crippen LogP contribution in [0.25, 0.3) is 0 Å². The average Bonchev–Trinajstić information content (AvgIpc) is 2.93. The Morgan fingerprint density at radius 2 is 1.30 bits per heavy atom.